The molecule has 0 aliphatic rings. The number of carbonyl (C=O) groups is 1. The molecule has 0 aliphatic heterocycles. The van der Waals surface area contributed by atoms with E-state index in [1.165, 1.54) is 7.11 Å². The second-order valence-corrected chi connectivity index (χ2v) is 5.27. The number of aryl methyl sites for hydroxylation is 1. The Labute approximate surface area is 141 Å². The maximum Gasteiger partial charge on any atom is 0.305 e. The minimum atomic E-state index is -0.234. The zero-order chi connectivity index (χ0) is 16.4. The number of hydrazine groups is 1. The van der Waals surface area contributed by atoms with E-state index in [0.29, 0.717) is 29.6 Å². The molecule has 0 atom stereocenters. The molecule has 0 aliphatic carbocycles. The third-order valence-corrected chi connectivity index (χ3v) is 3.20. The van der Waals surface area contributed by atoms with Crippen molar-refractivity contribution >= 4 is 46.3 Å². The highest BCUT2D eigenvalue weighted by molar-refractivity contribution is 7.80. The highest BCUT2D eigenvalue weighted by Crippen LogP contribution is 2.12. The Kier molecular flexibility index (Phi) is 8.16. The Morgan fingerprint density at radius 3 is 2.55 bits per heavy atom. The first-order valence-corrected chi connectivity index (χ1v) is 7.58. The van der Waals surface area contributed by atoms with E-state index in [0.717, 1.165) is 11.3 Å². The molecule has 22 heavy (non-hydrogen) atoms. The summed E-state index contributed by atoms with van der Waals surface area (Å²) in [6.07, 6.45) is 0.993. The SMILES string of the molecule is COC(=O)CCCNC(=S)NNC(=S)Nc1ccccc1C. The summed E-state index contributed by atoms with van der Waals surface area (Å²) in [4.78, 5) is 10.9. The fourth-order valence-corrected chi connectivity index (χ4v) is 1.88. The molecule has 1 rings (SSSR count). The van der Waals surface area contributed by atoms with Gasteiger partial charge in [0.25, 0.3) is 0 Å². The fourth-order valence-electron chi connectivity index (χ4n) is 1.56. The minimum Gasteiger partial charge on any atom is -0.469 e. The number of esters is 1. The predicted octanol–water partition coefficient (Wildman–Crippen LogP) is 1.61. The van der Waals surface area contributed by atoms with Crippen LogP contribution in [0.4, 0.5) is 5.69 Å². The molecule has 0 spiro atoms. The van der Waals surface area contributed by atoms with Gasteiger partial charge in [-0.05, 0) is 49.4 Å². The number of carbonyl (C=O) groups excluding carboxylic acids is 1. The monoisotopic (exact) mass is 340 g/mol. The Balaban J connectivity index is 2.19. The van der Waals surface area contributed by atoms with Crippen LogP contribution in [0, 0.1) is 6.92 Å². The molecule has 0 fully saturated rings. The summed E-state index contributed by atoms with van der Waals surface area (Å²) in [7, 11) is 1.37. The Hall–Kier alpha value is -1.93. The zero-order valence-corrected chi connectivity index (χ0v) is 14.2. The summed E-state index contributed by atoms with van der Waals surface area (Å²) >= 11 is 10.2. The van der Waals surface area contributed by atoms with Crippen LogP contribution in [0.5, 0.6) is 0 Å². The van der Waals surface area contributed by atoms with Gasteiger partial charge < -0.3 is 15.4 Å². The van der Waals surface area contributed by atoms with Gasteiger partial charge in [0.1, 0.15) is 0 Å². The first kappa shape index (κ1) is 18.1. The smallest absolute Gasteiger partial charge is 0.305 e. The number of benzene rings is 1. The van der Waals surface area contributed by atoms with Crippen LogP contribution in [-0.4, -0.2) is 29.8 Å². The van der Waals surface area contributed by atoms with Crippen molar-refractivity contribution in [2.45, 2.75) is 19.8 Å². The third kappa shape index (κ3) is 7.19. The lowest BCUT2D eigenvalue weighted by Gasteiger charge is -2.15. The number of ether oxygens (including phenoxy) is 1. The number of hydrogen-bond acceptors (Lipinski definition) is 4. The second kappa shape index (κ2) is 9.91. The average molecular weight is 340 g/mol. The van der Waals surface area contributed by atoms with Gasteiger partial charge in [-0.1, -0.05) is 18.2 Å². The van der Waals surface area contributed by atoms with E-state index < -0.39 is 0 Å². The molecule has 0 aromatic heterocycles. The molecule has 1 aromatic rings. The van der Waals surface area contributed by atoms with Gasteiger partial charge in [-0.3, -0.25) is 15.6 Å². The van der Waals surface area contributed by atoms with Gasteiger partial charge >= 0.3 is 5.97 Å². The standard InChI is InChI=1S/C14H20N4O2S2/c1-10-6-3-4-7-11(10)16-14(22)18-17-13(21)15-9-5-8-12(19)20-2/h3-4,6-7H,5,8-9H2,1-2H3,(H2,15,17,21)(H2,16,18,22). The van der Waals surface area contributed by atoms with E-state index in [-0.39, 0.29) is 5.97 Å². The van der Waals surface area contributed by atoms with Crippen molar-refractivity contribution < 1.29 is 9.53 Å². The lowest BCUT2D eigenvalue weighted by Crippen LogP contribution is -2.48. The molecule has 0 saturated heterocycles. The van der Waals surface area contributed by atoms with Gasteiger partial charge in [-0.25, -0.2) is 0 Å². The molecule has 0 bridgehead atoms. The largest absolute Gasteiger partial charge is 0.469 e. The van der Waals surface area contributed by atoms with E-state index in [2.05, 4.69) is 26.2 Å². The molecule has 4 N–H and O–H groups in total. The van der Waals surface area contributed by atoms with Gasteiger partial charge in [-0.2, -0.15) is 0 Å². The number of rotatable bonds is 5. The van der Waals surface area contributed by atoms with E-state index in [9.17, 15) is 4.79 Å². The van der Waals surface area contributed by atoms with Crippen molar-refractivity contribution in [1.29, 1.82) is 0 Å². The maximum atomic E-state index is 10.9. The van der Waals surface area contributed by atoms with Gasteiger partial charge in [0.05, 0.1) is 7.11 Å². The van der Waals surface area contributed by atoms with Crippen molar-refractivity contribution in [2.24, 2.45) is 0 Å². The summed E-state index contributed by atoms with van der Waals surface area (Å²) in [5.41, 5.74) is 7.59. The molecule has 0 radical (unpaired) electrons. The van der Waals surface area contributed by atoms with Crippen molar-refractivity contribution in [1.82, 2.24) is 16.2 Å². The summed E-state index contributed by atoms with van der Waals surface area (Å²) in [6.45, 7) is 2.56. The van der Waals surface area contributed by atoms with Crippen molar-refractivity contribution in [3.63, 3.8) is 0 Å². The normalized spacial score (nSPS) is 9.55. The van der Waals surface area contributed by atoms with Gasteiger partial charge in [0, 0.05) is 18.7 Å². The molecule has 0 saturated carbocycles. The summed E-state index contributed by atoms with van der Waals surface area (Å²) < 4.78 is 4.55. The summed E-state index contributed by atoms with van der Waals surface area (Å²) in [5.74, 6) is -0.234. The molecule has 1 aromatic carbocycles. The Morgan fingerprint density at radius 2 is 1.86 bits per heavy atom. The molecular formula is C14H20N4O2S2. The molecule has 6 nitrogen and oxygen atoms in total. The molecule has 0 amide bonds. The van der Waals surface area contributed by atoms with Gasteiger partial charge in [-0.15, -0.1) is 0 Å². The molecule has 0 heterocycles. The van der Waals surface area contributed by atoms with Crippen LogP contribution in [0.15, 0.2) is 24.3 Å². The number of thiocarbonyl (C=S) groups is 2. The molecule has 120 valence electrons. The Morgan fingerprint density at radius 1 is 1.18 bits per heavy atom. The maximum absolute atomic E-state index is 10.9. The lowest BCUT2D eigenvalue weighted by atomic mass is 10.2. The highest BCUT2D eigenvalue weighted by Gasteiger charge is 2.02. The molecular weight excluding hydrogens is 320 g/mol. The van der Waals surface area contributed by atoms with Crippen LogP contribution < -0.4 is 21.5 Å². The van der Waals surface area contributed by atoms with E-state index in [1.807, 2.05) is 31.2 Å². The topological polar surface area (TPSA) is 74.4 Å². The average Bonchev–Trinajstić information content (AvgIpc) is 2.51. The van der Waals surface area contributed by atoms with Crippen molar-refractivity contribution in [2.75, 3.05) is 19.0 Å². The quantitative estimate of drug-likeness (QED) is 0.279. The Bertz CT molecular complexity index is 537. The van der Waals surface area contributed by atoms with Crippen LogP contribution in [0.2, 0.25) is 0 Å². The number of methoxy groups -OCH3 is 1. The third-order valence-electron chi connectivity index (χ3n) is 2.75. The number of hydrogen-bond donors (Lipinski definition) is 4. The summed E-state index contributed by atoms with van der Waals surface area (Å²) in [5, 5.41) is 6.83. The van der Waals surface area contributed by atoms with Gasteiger partial charge in [0.15, 0.2) is 10.2 Å². The van der Waals surface area contributed by atoms with Crippen LogP contribution in [0.3, 0.4) is 0 Å². The number of nitrogens with one attached hydrogen (secondary N) is 4. The lowest BCUT2D eigenvalue weighted by molar-refractivity contribution is -0.140. The second-order valence-electron chi connectivity index (χ2n) is 4.45. The van der Waals surface area contributed by atoms with E-state index >= 15 is 0 Å². The van der Waals surface area contributed by atoms with E-state index in [4.69, 9.17) is 24.4 Å². The van der Waals surface area contributed by atoms with Crippen LogP contribution in [0.25, 0.3) is 0 Å². The first-order valence-electron chi connectivity index (χ1n) is 6.76. The van der Waals surface area contributed by atoms with E-state index in [1.54, 1.807) is 0 Å². The number of para-hydroxylation sites is 1. The van der Waals surface area contributed by atoms with Gasteiger partial charge in [0.2, 0.25) is 0 Å². The predicted molar refractivity (Wildman–Crippen MR) is 95.5 cm³/mol. The van der Waals surface area contributed by atoms with Crippen molar-refractivity contribution in [3.05, 3.63) is 29.8 Å². The fraction of sp³-hybridized carbons (Fsp3) is 0.357. The minimum absolute atomic E-state index is 0.234. The van der Waals surface area contributed by atoms with Crippen LogP contribution in [-0.2, 0) is 9.53 Å². The van der Waals surface area contributed by atoms with Crippen LogP contribution in [0.1, 0.15) is 18.4 Å². The summed E-state index contributed by atoms with van der Waals surface area (Å²) in [6, 6.07) is 7.82. The van der Waals surface area contributed by atoms with Crippen LogP contribution >= 0.6 is 24.4 Å². The highest BCUT2D eigenvalue weighted by atomic mass is 32.1. The first-order chi connectivity index (χ1) is 10.5. The molecule has 8 heteroatoms. The zero-order valence-electron chi connectivity index (χ0n) is 12.6. The molecule has 0 unspecified atom stereocenters. The van der Waals surface area contributed by atoms with Crippen molar-refractivity contribution in [3.8, 4) is 0 Å². The number of anilines is 1.